The molecule has 10 heteroatoms. The molecular weight excluding hydrogens is 505 g/mol. The summed E-state index contributed by atoms with van der Waals surface area (Å²) < 4.78 is 19.6. The molecule has 8 nitrogen and oxygen atoms in total. The second-order valence-electron chi connectivity index (χ2n) is 8.70. The van der Waals surface area contributed by atoms with Gasteiger partial charge in [0, 0.05) is 23.2 Å². The first-order chi connectivity index (χ1) is 17.9. The highest BCUT2D eigenvalue weighted by Gasteiger charge is 2.16. The molecule has 0 radical (unpaired) electrons. The second kappa shape index (κ2) is 9.50. The van der Waals surface area contributed by atoms with Crippen molar-refractivity contribution < 1.29 is 13.9 Å². The zero-order valence-electron chi connectivity index (χ0n) is 20.5. The predicted molar refractivity (Wildman–Crippen MR) is 150 cm³/mol. The number of methoxy groups -OCH3 is 1. The fraction of sp³-hybridized carbons (Fsp3) is 0.148. The molecule has 0 saturated heterocycles. The van der Waals surface area contributed by atoms with Gasteiger partial charge in [-0.25, -0.2) is 14.5 Å². The topological polar surface area (TPSA) is 86.7 Å². The Labute approximate surface area is 219 Å². The Hall–Kier alpha value is -3.94. The zero-order chi connectivity index (χ0) is 25.5. The number of fused-ring (bicyclic) bond motifs is 2. The second-order valence-corrected chi connectivity index (χ2v) is 10.2. The molecule has 1 unspecified atom stereocenters. The zero-order valence-corrected chi connectivity index (χ0v) is 22.5. The summed E-state index contributed by atoms with van der Waals surface area (Å²) in [5, 5.41) is 12.6. The summed E-state index contributed by atoms with van der Waals surface area (Å²) in [5.41, 5.74) is 6.04. The fourth-order valence-electron chi connectivity index (χ4n) is 4.02. The Bertz CT molecular complexity index is 1760. The molecular formula is C27H24N5O3PS. The Morgan fingerprint density at radius 3 is 2.84 bits per heavy atom. The van der Waals surface area contributed by atoms with E-state index in [1.54, 1.807) is 11.6 Å². The molecule has 4 aromatic heterocycles. The first-order valence-electron chi connectivity index (χ1n) is 11.6. The highest BCUT2D eigenvalue weighted by Crippen LogP contribution is 2.37. The summed E-state index contributed by atoms with van der Waals surface area (Å²) in [6.45, 7) is 4.32. The molecule has 6 rings (SSSR count). The molecule has 0 aliphatic heterocycles. The van der Waals surface area contributed by atoms with Gasteiger partial charge in [0.1, 0.15) is 29.4 Å². The summed E-state index contributed by atoms with van der Waals surface area (Å²) in [6.07, 6.45) is 1.86. The molecule has 37 heavy (non-hydrogen) atoms. The quantitative estimate of drug-likeness (QED) is 0.252. The third-order valence-electron chi connectivity index (χ3n) is 5.89. The molecule has 1 atom stereocenters. The molecule has 0 aliphatic carbocycles. The van der Waals surface area contributed by atoms with Crippen LogP contribution in [0.5, 0.6) is 11.5 Å². The van der Waals surface area contributed by atoms with Gasteiger partial charge in [-0.3, -0.25) is 0 Å². The van der Waals surface area contributed by atoms with E-state index in [1.165, 1.54) is 16.9 Å². The number of benzene rings is 2. The van der Waals surface area contributed by atoms with Crippen LogP contribution < -0.4 is 20.1 Å². The summed E-state index contributed by atoms with van der Waals surface area (Å²) in [4.78, 5) is 9.35. The Morgan fingerprint density at radius 1 is 1.08 bits per heavy atom. The lowest BCUT2D eigenvalue weighted by molar-refractivity contribution is 0.303. The molecule has 2 aromatic carbocycles. The standard InChI is InChI=1S/C27H24N5O3PS/c1-15-4-6-25(36)20(8-15)30-27-28-17(14-37-27)13-34-22-9-18(33-3)10-23-19(22)11-24(35-23)21-12-32-26(29-21)7-5-16(2)31-32/h4-12,14H,13,36H2,1-3H3,(H,28,30). The number of furan rings is 1. The molecule has 0 bridgehead atoms. The van der Waals surface area contributed by atoms with Crippen molar-refractivity contribution >= 4 is 53.3 Å². The molecule has 0 amide bonds. The third-order valence-corrected chi connectivity index (χ3v) is 7.20. The van der Waals surface area contributed by atoms with Crippen LogP contribution in [0.15, 0.2) is 64.5 Å². The summed E-state index contributed by atoms with van der Waals surface area (Å²) in [5.74, 6) is 1.92. The van der Waals surface area contributed by atoms with E-state index < -0.39 is 0 Å². The first kappa shape index (κ1) is 23.5. The van der Waals surface area contributed by atoms with E-state index in [4.69, 9.17) is 18.9 Å². The van der Waals surface area contributed by atoms with Gasteiger partial charge in [-0.05, 0) is 49.0 Å². The minimum absolute atomic E-state index is 0.306. The number of hydrogen-bond acceptors (Lipinski definition) is 8. The number of rotatable bonds is 7. The van der Waals surface area contributed by atoms with Gasteiger partial charge in [0.05, 0.1) is 30.1 Å². The van der Waals surface area contributed by atoms with Crippen molar-refractivity contribution in [3.8, 4) is 23.0 Å². The van der Waals surface area contributed by atoms with Crippen molar-refractivity contribution in [1.82, 2.24) is 19.6 Å². The number of imidazole rings is 1. The normalized spacial score (nSPS) is 11.4. The lowest BCUT2D eigenvalue weighted by Crippen LogP contribution is -2.02. The average molecular weight is 530 g/mol. The van der Waals surface area contributed by atoms with E-state index >= 15 is 0 Å². The van der Waals surface area contributed by atoms with Gasteiger partial charge in [-0.1, -0.05) is 12.1 Å². The lowest BCUT2D eigenvalue weighted by Gasteiger charge is -2.08. The molecule has 0 spiro atoms. The van der Waals surface area contributed by atoms with Gasteiger partial charge in [-0.2, -0.15) is 5.10 Å². The summed E-state index contributed by atoms with van der Waals surface area (Å²) >= 11 is 1.54. The van der Waals surface area contributed by atoms with Crippen LogP contribution in [-0.4, -0.2) is 26.7 Å². The average Bonchev–Trinajstić information content (AvgIpc) is 3.62. The van der Waals surface area contributed by atoms with E-state index in [-0.39, 0.29) is 0 Å². The molecule has 0 fully saturated rings. The maximum atomic E-state index is 6.21. The number of hydrogen-bond donors (Lipinski definition) is 1. The van der Waals surface area contributed by atoms with Crippen molar-refractivity contribution in [3.05, 3.63) is 77.1 Å². The van der Waals surface area contributed by atoms with E-state index in [9.17, 15) is 0 Å². The number of thiazole rings is 1. The van der Waals surface area contributed by atoms with Crippen molar-refractivity contribution in [2.24, 2.45) is 0 Å². The molecule has 0 saturated carbocycles. The van der Waals surface area contributed by atoms with Crippen LogP contribution in [0.25, 0.3) is 28.1 Å². The maximum absolute atomic E-state index is 6.21. The number of aromatic nitrogens is 4. The molecule has 0 aliphatic rings. The lowest BCUT2D eigenvalue weighted by atomic mass is 10.2. The highest BCUT2D eigenvalue weighted by molar-refractivity contribution is 7.28. The van der Waals surface area contributed by atoms with Crippen LogP contribution in [0.1, 0.15) is 17.0 Å². The Kier molecular flexibility index (Phi) is 6.02. The Morgan fingerprint density at radius 2 is 1.97 bits per heavy atom. The van der Waals surface area contributed by atoms with Crippen LogP contribution in [-0.2, 0) is 6.61 Å². The molecule has 1 N–H and O–H groups in total. The first-order valence-corrected chi connectivity index (χ1v) is 13.1. The van der Waals surface area contributed by atoms with Crippen LogP contribution >= 0.6 is 20.6 Å². The minimum atomic E-state index is 0.306. The van der Waals surface area contributed by atoms with Crippen LogP contribution in [0.4, 0.5) is 10.8 Å². The van der Waals surface area contributed by atoms with Crippen molar-refractivity contribution in [3.63, 3.8) is 0 Å². The van der Waals surface area contributed by atoms with Crippen molar-refractivity contribution in [2.75, 3.05) is 12.4 Å². The number of anilines is 2. The van der Waals surface area contributed by atoms with Gasteiger partial charge in [0.2, 0.25) is 0 Å². The van der Waals surface area contributed by atoms with Crippen molar-refractivity contribution in [1.29, 1.82) is 0 Å². The highest BCUT2D eigenvalue weighted by atomic mass is 32.1. The summed E-state index contributed by atoms with van der Waals surface area (Å²) in [7, 11) is 4.37. The monoisotopic (exact) mass is 529 g/mol. The smallest absolute Gasteiger partial charge is 0.187 e. The van der Waals surface area contributed by atoms with E-state index in [0.29, 0.717) is 35.1 Å². The Balaban J connectivity index is 1.26. The predicted octanol–water partition coefficient (Wildman–Crippen LogP) is 6.05. The molecule has 186 valence electrons. The maximum Gasteiger partial charge on any atom is 0.187 e. The largest absolute Gasteiger partial charge is 0.496 e. The molecule has 4 heterocycles. The van der Waals surface area contributed by atoms with Crippen LogP contribution in [0.2, 0.25) is 0 Å². The van der Waals surface area contributed by atoms with Gasteiger partial charge in [0.25, 0.3) is 0 Å². The number of ether oxygens (including phenoxy) is 2. The van der Waals surface area contributed by atoms with Gasteiger partial charge in [-0.15, -0.1) is 20.6 Å². The van der Waals surface area contributed by atoms with E-state index in [2.05, 4.69) is 49.8 Å². The van der Waals surface area contributed by atoms with Crippen molar-refractivity contribution in [2.45, 2.75) is 20.5 Å². The van der Waals surface area contributed by atoms with Gasteiger partial charge in [0.15, 0.2) is 16.5 Å². The number of nitrogens with one attached hydrogen (secondary N) is 1. The van der Waals surface area contributed by atoms with E-state index in [1.807, 2.05) is 48.8 Å². The fourth-order valence-corrected chi connectivity index (χ4v) is 4.98. The number of aryl methyl sites for hydroxylation is 2. The SMILES string of the molecule is COc1cc(OCc2csc(Nc3cc(C)ccc3P)n2)c2cc(-c3cn4nc(C)ccc4n3)oc2c1. The van der Waals surface area contributed by atoms with Gasteiger partial charge >= 0.3 is 0 Å². The minimum Gasteiger partial charge on any atom is -0.496 e. The third kappa shape index (κ3) is 4.75. The van der Waals surface area contributed by atoms with Gasteiger partial charge < -0.3 is 19.2 Å². The van der Waals surface area contributed by atoms with Crippen LogP contribution in [0.3, 0.4) is 0 Å². The van der Waals surface area contributed by atoms with Crippen LogP contribution in [0, 0.1) is 13.8 Å². The molecule has 6 aromatic rings. The number of nitrogens with zero attached hydrogens (tertiary/aromatic N) is 4. The summed E-state index contributed by atoms with van der Waals surface area (Å²) in [6, 6.07) is 15.7. The van der Waals surface area contributed by atoms with E-state index in [0.717, 1.165) is 38.5 Å².